The summed E-state index contributed by atoms with van der Waals surface area (Å²) in [6.07, 6.45) is 5.31. The molecule has 0 spiro atoms. The zero-order valence-corrected chi connectivity index (χ0v) is 19.0. The van der Waals surface area contributed by atoms with Gasteiger partial charge in [0.15, 0.2) is 5.69 Å². The Morgan fingerprint density at radius 2 is 1.85 bits per heavy atom. The van der Waals surface area contributed by atoms with Crippen molar-refractivity contribution in [1.82, 2.24) is 20.4 Å². The molecule has 1 heterocycles. The molecule has 0 unspecified atom stereocenters. The minimum Gasteiger partial charge on any atom is -0.495 e. The molecule has 9 heteroatoms. The Labute approximate surface area is 195 Å². The van der Waals surface area contributed by atoms with E-state index in [2.05, 4.69) is 15.7 Å². The molecule has 33 heavy (non-hydrogen) atoms. The molecule has 0 aliphatic heterocycles. The highest BCUT2D eigenvalue weighted by atomic mass is 35.5. The van der Waals surface area contributed by atoms with Crippen molar-refractivity contribution in [3.63, 3.8) is 0 Å². The Morgan fingerprint density at radius 1 is 1.12 bits per heavy atom. The van der Waals surface area contributed by atoms with Crippen molar-refractivity contribution in [2.45, 2.75) is 38.1 Å². The number of carbonyl (C=O) groups excluding carboxylic acids is 2. The molecule has 1 fully saturated rings. The molecule has 0 saturated heterocycles. The topological polar surface area (TPSA) is 102 Å². The maximum Gasteiger partial charge on any atom is 0.279 e. The molecule has 2 N–H and O–H groups in total. The Balaban J connectivity index is 1.62. The molecule has 4 rings (SSSR count). The summed E-state index contributed by atoms with van der Waals surface area (Å²) in [5.41, 5.74) is 0.0432. The van der Waals surface area contributed by atoms with E-state index in [1.807, 2.05) is 0 Å². The van der Waals surface area contributed by atoms with Crippen LogP contribution in [-0.4, -0.2) is 41.3 Å². The van der Waals surface area contributed by atoms with Gasteiger partial charge in [-0.25, -0.2) is 0 Å². The predicted octanol–water partition coefficient (Wildman–Crippen LogP) is 3.23. The summed E-state index contributed by atoms with van der Waals surface area (Å²) < 4.78 is 6.29. The highest BCUT2D eigenvalue weighted by Crippen LogP contribution is 2.26. The lowest BCUT2D eigenvalue weighted by molar-refractivity contribution is -0.121. The quantitative estimate of drug-likeness (QED) is 0.578. The number of hydrogen-bond donors (Lipinski definition) is 2. The summed E-state index contributed by atoms with van der Waals surface area (Å²) in [4.78, 5) is 38.4. The minimum absolute atomic E-state index is 0.0441. The van der Waals surface area contributed by atoms with E-state index in [1.54, 1.807) is 42.5 Å². The van der Waals surface area contributed by atoms with Crippen LogP contribution in [0.25, 0.3) is 16.5 Å². The van der Waals surface area contributed by atoms with Gasteiger partial charge in [-0.15, -0.1) is 0 Å². The second-order valence-electron chi connectivity index (χ2n) is 8.02. The molecular formula is C24H25ClN4O4. The number of hydrogen-bond acceptors (Lipinski definition) is 5. The van der Waals surface area contributed by atoms with Crippen LogP contribution < -0.4 is 20.9 Å². The molecule has 1 aliphatic carbocycles. The van der Waals surface area contributed by atoms with Crippen LogP contribution in [0.3, 0.4) is 0 Å². The van der Waals surface area contributed by atoms with Gasteiger partial charge in [0.2, 0.25) is 5.91 Å². The Hall–Kier alpha value is -3.39. The molecule has 0 radical (unpaired) electrons. The number of halogens is 1. The number of rotatable bonds is 6. The number of nitrogens with one attached hydrogen (secondary N) is 2. The maximum absolute atomic E-state index is 13.1. The number of amides is 2. The van der Waals surface area contributed by atoms with Crippen LogP contribution in [0.15, 0.2) is 47.3 Å². The molecule has 0 atom stereocenters. The predicted molar refractivity (Wildman–Crippen MR) is 126 cm³/mol. The van der Waals surface area contributed by atoms with Crippen LogP contribution in [-0.2, 0) is 4.79 Å². The smallest absolute Gasteiger partial charge is 0.279 e. The van der Waals surface area contributed by atoms with E-state index >= 15 is 0 Å². The summed E-state index contributed by atoms with van der Waals surface area (Å²) in [6, 6.07) is 11.7. The lowest BCUT2D eigenvalue weighted by Crippen LogP contribution is -2.43. The molecule has 1 aliphatic rings. The van der Waals surface area contributed by atoms with Gasteiger partial charge in [0.25, 0.3) is 11.5 Å². The van der Waals surface area contributed by atoms with Crippen LogP contribution in [0.2, 0.25) is 5.02 Å². The number of ether oxygens (including phenoxy) is 1. The van der Waals surface area contributed by atoms with Crippen LogP contribution in [0.1, 0.15) is 42.6 Å². The monoisotopic (exact) mass is 468 g/mol. The number of benzene rings is 2. The molecule has 8 nitrogen and oxygen atoms in total. The fourth-order valence-corrected chi connectivity index (χ4v) is 4.34. The molecular weight excluding hydrogens is 444 g/mol. The van der Waals surface area contributed by atoms with Crippen LogP contribution in [0.5, 0.6) is 5.75 Å². The average molecular weight is 469 g/mol. The molecule has 3 aromatic rings. The summed E-state index contributed by atoms with van der Waals surface area (Å²) in [6.45, 7) is -0.168. The fraction of sp³-hybridized carbons (Fsp3) is 0.333. The van der Waals surface area contributed by atoms with Gasteiger partial charge < -0.3 is 15.4 Å². The number of aromatic nitrogens is 2. The first-order valence-electron chi connectivity index (χ1n) is 10.9. The normalized spacial score (nSPS) is 14.1. The van der Waals surface area contributed by atoms with Crippen molar-refractivity contribution in [2.75, 3.05) is 13.7 Å². The van der Waals surface area contributed by atoms with Gasteiger partial charge in [-0.05, 0) is 37.1 Å². The number of carbonyl (C=O) groups is 2. The third-order valence-electron chi connectivity index (χ3n) is 5.78. The molecule has 1 aromatic heterocycles. The summed E-state index contributed by atoms with van der Waals surface area (Å²) in [7, 11) is 1.49. The van der Waals surface area contributed by atoms with E-state index in [-0.39, 0.29) is 24.2 Å². The largest absolute Gasteiger partial charge is 0.495 e. The van der Waals surface area contributed by atoms with Gasteiger partial charge >= 0.3 is 0 Å². The molecule has 1 saturated carbocycles. The van der Waals surface area contributed by atoms with Crippen molar-refractivity contribution in [3.8, 4) is 11.4 Å². The van der Waals surface area contributed by atoms with Gasteiger partial charge in [0.1, 0.15) is 5.75 Å². The van der Waals surface area contributed by atoms with Crippen LogP contribution in [0.4, 0.5) is 0 Å². The minimum atomic E-state index is -0.543. The lowest BCUT2D eigenvalue weighted by Gasteiger charge is -2.22. The molecule has 172 valence electrons. The van der Waals surface area contributed by atoms with Crippen molar-refractivity contribution in [1.29, 1.82) is 0 Å². The first-order valence-corrected chi connectivity index (χ1v) is 11.3. The average Bonchev–Trinajstić information content (AvgIpc) is 2.83. The van der Waals surface area contributed by atoms with E-state index in [1.165, 1.54) is 13.5 Å². The zero-order valence-electron chi connectivity index (χ0n) is 18.3. The van der Waals surface area contributed by atoms with Crippen molar-refractivity contribution in [3.05, 3.63) is 63.5 Å². The first-order chi connectivity index (χ1) is 16.0. The third kappa shape index (κ3) is 5.01. The van der Waals surface area contributed by atoms with Crippen LogP contribution in [0, 0.1) is 0 Å². The van der Waals surface area contributed by atoms with Crippen molar-refractivity contribution < 1.29 is 14.3 Å². The van der Waals surface area contributed by atoms with E-state index in [9.17, 15) is 14.4 Å². The number of methoxy groups -OCH3 is 1. The summed E-state index contributed by atoms with van der Waals surface area (Å²) in [5, 5.41) is 11.0. The summed E-state index contributed by atoms with van der Waals surface area (Å²) >= 11 is 6.22. The molecule has 2 amide bonds. The Bertz CT molecular complexity index is 1250. The third-order valence-corrected chi connectivity index (χ3v) is 6.08. The maximum atomic E-state index is 13.1. The van der Waals surface area contributed by atoms with E-state index in [4.69, 9.17) is 16.3 Å². The number of fused-ring (bicyclic) bond motifs is 1. The van der Waals surface area contributed by atoms with Gasteiger partial charge in [-0.1, -0.05) is 49.1 Å². The molecule has 0 bridgehead atoms. The zero-order chi connectivity index (χ0) is 23.4. The van der Waals surface area contributed by atoms with E-state index < -0.39 is 11.5 Å². The lowest BCUT2D eigenvalue weighted by atomic mass is 9.95. The van der Waals surface area contributed by atoms with Gasteiger partial charge in [0, 0.05) is 11.4 Å². The molecule has 2 aromatic carbocycles. The van der Waals surface area contributed by atoms with Gasteiger partial charge in [0.05, 0.1) is 29.8 Å². The van der Waals surface area contributed by atoms with Crippen molar-refractivity contribution in [2.24, 2.45) is 0 Å². The van der Waals surface area contributed by atoms with Gasteiger partial charge in [-0.3, -0.25) is 14.4 Å². The standard InChI is InChI=1S/C24H25ClN4O4/c1-33-20-12-11-16(13-19(20)25)29-24(32)18-10-6-5-9-17(18)22(28-29)23(31)26-14-21(30)27-15-7-3-2-4-8-15/h5-6,9-13,15H,2-4,7-8,14H2,1H3,(H,26,31)(H,27,30). The number of nitrogens with zero attached hydrogens (tertiary/aromatic N) is 2. The fourth-order valence-electron chi connectivity index (χ4n) is 4.09. The van der Waals surface area contributed by atoms with Crippen molar-refractivity contribution >= 4 is 34.2 Å². The van der Waals surface area contributed by atoms with Crippen LogP contribution >= 0.6 is 11.6 Å². The SMILES string of the molecule is COc1ccc(-n2nc(C(=O)NCC(=O)NC3CCCCC3)c3ccccc3c2=O)cc1Cl. The van der Waals surface area contributed by atoms with E-state index in [0.29, 0.717) is 27.2 Å². The Morgan fingerprint density at radius 3 is 2.55 bits per heavy atom. The van der Waals surface area contributed by atoms with Gasteiger partial charge in [-0.2, -0.15) is 9.78 Å². The highest BCUT2D eigenvalue weighted by molar-refractivity contribution is 6.32. The summed E-state index contributed by atoms with van der Waals surface area (Å²) in [5.74, 6) is -0.329. The second-order valence-corrected chi connectivity index (χ2v) is 8.42. The highest BCUT2D eigenvalue weighted by Gasteiger charge is 2.20. The Kier molecular flexibility index (Phi) is 6.93. The first kappa shape index (κ1) is 22.8. The second kappa shape index (κ2) is 10.0. The van der Waals surface area contributed by atoms with E-state index in [0.717, 1.165) is 30.4 Å².